The number of para-hydroxylation sites is 2. The second-order valence-corrected chi connectivity index (χ2v) is 11.9. The van der Waals surface area contributed by atoms with Crippen LogP contribution < -0.4 is 24.7 Å². The highest BCUT2D eigenvalue weighted by Crippen LogP contribution is 2.41. The molecular weight excluding hydrogens is 560 g/mol. The molecule has 0 atom stereocenters. The fraction of sp³-hybridized carbons (Fsp3) is 0.233. The van der Waals surface area contributed by atoms with Crippen LogP contribution in [0.3, 0.4) is 0 Å². The average molecular weight is 593 g/mol. The number of carbonyl (C=O) groups is 1. The molecule has 4 rings (SSSR count). The first-order valence-electron chi connectivity index (χ1n) is 12.9. The molecule has 0 saturated carbocycles. The van der Waals surface area contributed by atoms with E-state index in [2.05, 4.69) is 14.7 Å². The lowest BCUT2D eigenvalue weighted by atomic mass is 9.87. The average Bonchev–Trinajstić information content (AvgIpc) is 2.97. The lowest BCUT2D eigenvalue weighted by molar-refractivity contribution is 0.1000. The fourth-order valence-electron chi connectivity index (χ4n) is 3.88. The second-order valence-electron chi connectivity index (χ2n) is 10.2. The Bertz CT molecular complexity index is 1670. The van der Waals surface area contributed by atoms with E-state index in [1.54, 1.807) is 48.5 Å². The first kappa shape index (κ1) is 30.3. The van der Waals surface area contributed by atoms with Gasteiger partial charge in [0.15, 0.2) is 23.1 Å². The van der Waals surface area contributed by atoms with Gasteiger partial charge in [-0.2, -0.15) is 4.98 Å². The number of aromatic nitrogens is 2. The molecule has 0 radical (unpaired) electrons. The molecule has 0 aliphatic heterocycles. The van der Waals surface area contributed by atoms with E-state index in [4.69, 9.17) is 19.9 Å². The van der Waals surface area contributed by atoms with Crippen LogP contribution in [0.25, 0.3) is 11.4 Å². The quantitative estimate of drug-likeness (QED) is 0.227. The highest BCUT2D eigenvalue weighted by Gasteiger charge is 2.26. The third-order valence-corrected chi connectivity index (χ3v) is 7.49. The number of primary amides is 1. The highest BCUT2D eigenvalue weighted by molar-refractivity contribution is 7.92. The van der Waals surface area contributed by atoms with E-state index >= 15 is 0 Å². The van der Waals surface area contributed by atoms with Gasteiger partial charge in [-0.3, -0.25) is 9.52 Å². The molecule has 0 spiro atoms. The topological polar surface area (TPSA) is 163 Å². The molecule has 0 bridgehead atoms. The Labute approximate surface area is 244 Å². The molecule has 1 aromatic heterocycles. The number of sulfonamides is 1. The zero-order chi connectivity index (χ0) is 30.5. The first-order chi connectivity index (χ1) is 19.9. The summed E-state index contributed by atoms with van der Waals surface area (Å²) in [5, 5.41) is 9.46. The van der Waals surface area contributed by atoms with Crippen molar-refractivity contribution < 1.29 is 32.5 Å². The summed E-state index contributed by atoms with van der Waals surface area (Å²) in [6.07, 6.45) is 0. The number of anilines is 1. The van der Waals surface area contributed by atoms with Crippen molar-refractivity contribution in [3.05, 3.63) is 83.9 Å². The predicted molar refractivity (Wildman–Crippen MR) is 158 cm³/mol. The fourth-order valence-corrected chi connectivity index (χ4v) is 4.88. The van der Waals surface area contributed by atoms with E-state index in [-0.39, 0.29) is 58.1 Å². The summed E-state index contributed by atoms with van der Waals surface area (Å²) in [5.41, 5.74) is 6.86. The number of rotatable bonds is 11. The van der Waals surface area contributed by atoms with E-state index < -0.39 is 15.9 Å². The van der Waals surface area contributed by atoms with Crippen LogP contribution in [0.4, 0.5) is 5.82 Å². The van der Waals surface area contributed by atoms with Crippen LogP contribution >= 0.6 is 0 Å². The normalized spacial score (nSPS) is 11.5. The lowest BCUT2D eigenvalue weighted by Crippen LogP contribution is -2.17. The van der Waals surface area contributed by atoms with Gasteiger partial charge >= 0.3 is 0 Å². The molecule has 3 aromatic carbocycles. The monoisotopic (exact) mass is 592 g/mol. The van der Waals surface area contributed by atoms with Gasteiger partial charge in [-0.1, -0.05) is 57.2 Å². The number of aliphatic hydroxyl groups excluding tert-OH is 1. The minimum atomic E-state index is -4.18. The van der Waals surface area contributed by atoms with Crippen molar-refractivity contribution in [2.75, 3.05) is 25.0 Å². The predicted octanol–water partition coefficient (Wildman–Crippen LogP) is 4.51. The highest BCUT2D eigenvalue weighted by atomic mass is 32.2. The van der Waals surface area contributed by atoms with Crippen LogP contribution in [0.2, 0.25) is 0 Å². The Morgan fingerprint density at radius 2 is 1.60 bits per heavy atom. The molecule has 11 nitrogen and oxygen atoms in total. The van der Waals surface area contributed by atoms with Crippen LogP contribution in [0.5, 0.6) is 23.1 Å². The molecule has 0 saturated heterocycles. The molecule has 0 aliphatic carbocycles. The molecule has 4 aromatic rings. The van der Waals surface area contributed by atoms with Crippen molar-refractivity contribution in [1.82, 2.24) is 9.97 Å². The number of nitrogens with two attached hydrogens (primary N) is 1. The number of nitrogens with one attached hydrogen (secondary N) is 1. The Morgan fingerprint density at radius 1 is 0.952 bits per heavy atom. The van der Waals surface area contributed by atoms with Crippen LogP contribution in [-0.4, -0.2) is 49.7 Å². The molecule has 0 unspecified atom stereocenters. The zero-order valence-electron chi connectivity index (χ0n) is 23.6. The molecule has 1 amide bonds. The summed E-state index contributed by atoms with van der Waals surface area (Å²) < 4.78 is 46.9. The number of hydrogen-bond donors (Lipinski definition) is 3. The van der Waals surface area contributed by atoms with Gasteiger partial charge in [-0.15, -0.1) is 0 Å². The minimum absolute atomic E-state index is 0.00235. The number of methoxy groups -OCH3 is 1. The number of carbonyl (C=O) groups excluding carboxylic acids is 1. The van der Waals surface area contributed by atoms with Gasteiger partial charge in [-0.05, 0) is 47.4 Å². The molecule has 0 aliphatic rings. The Morgan fingerprint density at radius 3 is 2.17 bits per heavy atom. The van der Waals surface area contributed by atoms with Crippen LogP contribution in [-0.2, 0) is 15.4 Å². The SMILES string of the molecule is COc1ccccc1Oc1c(NS(=O)(=O)c2ccc(C(C)(C)C)cc2)nc(-c2ccc(C(N)=O)cc2)nc1OCCO. The maximum atomic E-state index is 13.6. The second kappa shape index (κ2) is 12.5. The van der Waals surface area contributed by atoms with Gasteiger partial charge in [0.25, 0.3) is 15.9 Å². The zero-order valence-corrected chi connectivity index (χ0v) is 24.4. The number of hydrogen-bond acceptors (Lipinski definition) is 9. The Balaban J connectivity index is 1.87. The van der Waals surface area contributed by atoms with Gasteiger partial charge in [0.05, 0.1) is 18.6 Å². The summed E-state index contributed by atoms with van der Waals surface area (Å²) >= 11 is 0. The van der Waals surface area contributed by atoms with E-state index in [0.717, 1.165) is 5.56 Å². The standard InChI is InChI=1S/C30H32N4O7S/c1-30(2,3)21-13-15-22(16-14-21)42(37,38)34-28-25(41-24-8-6-5-7-23(24)39-4)29(40-18-17-35)33-27(32-28)20-11-9-19(10-12-20)26(31)36/h5-16,35H,17-18H2,1-4H3,(H2,31,36)(H,32,33,34). The van der Waals surface area contributed by atoms with Gasteiger partial charge < -0.3 is 25.1 Å². The largest absolute Gasteiger partial charge is 0.493 e. The van der Waals surface area contributed by atoms with Crippen molar-refractivity contribution >= 4 is 21.7 Å². The lowest BCUT2D eigenvalue weighted by Gasteiger charge is -2.20. The molecule has 4 N–H and O–H groups in total. The summed E-state index contributed by atoms with van der Waals surface area (Å²) in [5.74, 6) is -0.458. The van der Waals surface area contributed by atoms with Gasteiger partial charge in [0.2, 0.25) is 11.7 Å². The van der Waals surface area contributed by atoms with Gasteiger partial charge in [-0.25, -0.2) is 13.4 Å². The van der Waals surface area contributed by atoms with Crippen molar-refractivity contribution in [3.8, 4) is 34.5 Å². The number of amides is 1. The molecule has 42 heavy (non-hydrogen) atoms. The van der Waals surface area contributed by atoms with Crippen molar-refractivity contribution in [2.45, 2.75) is 31.1 Å². The summed E-state index contributed by atoms with van der Waals surface area (Å²) in [6, 6.07) is 19.4. The number of aliphatic hydroxyl groups is 1. The number of nitrogens with zero attached hydrogens (tertiary/aromatic N) is 2. The van der Waals surface area contributed by atoms with Crippen molar-refractivity contribution in [3.63, 3.8) is 0 Å². The first-order valence-corrected chi connectivity index (χ1v) is 14.4. The van der Waals surface area contributed by atoms with E-state index in [1.165, 1.54) is 31.4 Å². The van der Waals surface area contributed by atoms with E-state index in [0.29, 0.717) is 11.3 Å². The summed E-state index contributed by atoms with van der Waals surface area (Å²) in [6.45, 7) is 5.58. The van der Waals surface area contributed by atoms with Gasteiger partial charge in [0.1, 0.15) is 6.61 Å². The molecule has 12 heteroatoms. The summed E-state index contributed by atoms with van der Waals surface area (Å²) in [7, 11) is -2.71. The third kappa shape index (κ3) is 6.96. The molecule has 220 valence electrons. The Hall–Kier alpha value is -4.68. The molecule has 1 heterocycles. The van der Waals surface area contributed by atoms with Crippen LogP contribution in [0.1, 0.15) is 36.7 Å². The molecule has 0 fully saturated rings. The van der Waals surface area contributed by atoms with Crippen LogP contribution in [0, 0.1) is 0 Å². The maximum Gasteiger partial charge on any atom is 0.263 e. The number of ether oxygens (including phenoxy) is 3. The van der Waals surface area contributed by atoms with Crippen molar-refractivity contribution in [1.29, 1.82) is 0 Å². The van der Waals surface area contributed by atoms with Crippen molar-refractivity contribution in [2.24, 2.45) is 5.73 Å². The summed E-state index contributed by atoms with van der Waals surface area (Å²) in [4.78, 5) is 20.5. The van der Waals surface area contributed by atoms with Crippen LogP contribution in [0.15, 0.2) is 77.7 Å². The van der Waals surface area contributed by atoms with E-state index in [9.17, 15) is 18.3 Å². The van der Waals surface area contributed by atoms with Gasteiger partial charge in [0, 0.05) is 11.1 Å². The van der Waals surface area contributed by atoms with E-state index in [1.807, 2.05) is 20.8 Å². The minimum Gasteiger partial charge on any atom is -0.493 e. The number of benzene rings is 3. The third-order valence-electron chi connectivity index (χ3n) is 6.13. The maximum absolute atomic E-state index is 13.6. The smallest absolute Gasteiger partial charge is 0.263 e. The Kier molecular flexibility index (Phi) is 8.98. The molecular formula is C30H32N4O7S.